The number of aryl methyl sites for hydroxylation is 1. The highest BCUT2D eigenvalue weighted by Gasteiger charge is 2.19. The molecule has 0 atom stereocenters. The van der Waals surface area contributed by atoms with Crippen LogP contribution in [0.5, 0.6) is 0 Å². The first-order valence-electron chi connectivity index (χ1n) is 9.86. The molecule has 2 aromatic rings. The second-order valence-electron chi connectivity index (χ2n) is 7.74. The minimum atomic E-state index is 0.109. The largest absolute Gasteiger partial charge is 0.337 e. The van der Waals surface area contributed by atoms with Gasteiger partial charge in [-0.2, -0.15) is 0 Å². The van der Waals surface area contributed by atoms with Crippen LogP contribution in [0.3, 0.4) is 0 Å². The summed E-state index contributed by atoms with van der Waals surface area (Å²) in [7, 11) is 0. The van der Waals surface area contributed by atoms with E-state index in [0.29, 0.717) is 5.92 Å². The molecule has 0 N–H and O–H groups in total. The third-order valence-electron chi connectivity index (χ3n) is 5.23. The lowest BCUT2D eigenvalue weighted by molar-refractivity contribution is -0.127. The first-order valence-corrected chi connectivity index (χ1v) is 9.86. The number of piperazine rings is 1. The fourth-order valence-electron chi connectivity index (χ4n) is 3.34. The molecule has 3 nitrogen and oxygen atoms in total. The van der Waals surface area contributed by atoms with Gasteiger partial charge >= 0.3 is 0 Å². The Balaban J connectivity index is 1.48. The van der Waals surface area contributed by atoms with Gasteiger partial charge in [-0.25, -0.2) is 0 Å². The summed E-state index contributed by atoms with van der Waals surface area (Å²) in [4.78, 5) is 16.8. The number of nitrogens with zero attached hydrogens (tertiary/aromatic N) is 2. The summed E-state index contributed by atoms with van der Waals surface area (Å²) in [6.07, 6.45) is 3.63. The summed E-state index contributed by atoms with van der Waals surface area (Å²) in [5.41, 5.74) is 5.03. The molecule has 2 aromatic carbocycles. The summed E-state index contributed by atoms with van der Waals surface area (Å²) in [6, 6.07) is 17.1. The smallest absolute Gasteiger partial charge is 0.246 e. The molecular weight excluding hydrogens is 332 g/mol. The third kappa shape index (κ3) is 5.54. The average Bonchev–Trinajstić information content (AvgIpc) is 2.69. The number of amides is 1. The maximum Gasteiger partial charge on any atom is 0.246 e. The molecule has 0 saturated carbocycles. The fourth-order valence-corrected chi connectivity index (χ4v) is 3.34. The monoisotopic (exact) mass is 362 g/mol. The van der Waals surface area contributed by atoms with Crippen molar-refractivity contribution in [3.05, 3.63) is 76.9 Å². The SMILES string of the molecule is Cc1ccc(CN2CCN(C(=O)/C=C/c3ccc(C(C)C)cc3)CC2)cc1. The molecule has 0 spiro atoms. The lowest BCUT2D eigenvalue weighted by Crippen LogP contribution is -2.47. The highest BCUT2D eigenvalue weighted by Crippen LogP contribution is 2.16. The molecule has 3 heteroatoms. The Hall–Kier alpha value is -2.39. The molecule has 0 aromatic heterocycles. The third-order valence-corrected chi connectivity index (χ3v) is 5.23. The fraction of sp³-hybridized carbons (Fsp3) is 0.375. The Morgan fingerprint density at radius 1 is 0.963 bits per heavy atom. The topological polar surface area (TPSA) is 23.6 Å². The molecule has 1 heterocycles. The van der Waals surface area contributed by atoms with Crippen LogP contribution in [0.2, 0.25) is 0 Å². The quantitative estimate of drug-likeness (QED) is 0.733. The van der Waals surface area contributed by atoms with Gasteiger partial charge in [0.15, 0.2) is 0 Å². The Kier molecular flexibility index (Phi) is 6.46. The van der Waals surface area contributed by atoms with Crippen LogP contribution in [-0.4, -0.2) is 41.9 Å². The molecule has 1 saturated heterocycles. The molecule has 1 aliphatic rings. The molecule has 0 radical (unpaired) electrons. The number of hydrogen-bond acceptors (Lipinski definition) is 2. The Morgan fingerprint density at radius 2 is 1.59 bits per heavy atom. The van der Waals surface area contributed by atoms with Crippen molar-refractivity contribution < 1.29 is 4.79 Å². The second kappa shape index (κ2) is 9.01. The molecular formula is C24H30N2O. The van der Waals surface area contributed by atoms with Crippen LogP contribution in [0.25, 0.3) is 6.08 Å². The predicted molar refractivity (Wildman–Crippen MR) is 113 cm³/mol. The molecule has 0 aliphatic carbocycles. The number of rotatable bonds is 5. The van der Waals surface area contributed by atoms with Crippen LogP contribution in [0.1, 0.15) is 42.0 Å². The van der Waals surface area contributed by atoms with Gasteiger partial charge in [0.05, 0.1) is 0 Å². The summed E-state index contributed by atoms with van der Waals surface area (Å²) in [5.74, 6) is 0.638. The van der Waals surface area contributed by atoms with Crippen molar-refractivity contribution in [3.63, 3.8) is 0 Å². The van der Waals surface area contributed by atoms with E-state index in [1.165, 1.54) is 16.7 Å². The first kappa shape index (κ1) is 19.4. The van der Waals surface area contributed by atoms with Crippen molar-refractivity contribution in [3.8, 4) is 0 Å². The van der Waals surface area contributed by atoms with Crippen LogP contribution in [-0.2, 0) is 11.3 Å². The predicted octanol–water partition coefficient (Wildman–Crippen LogP) is 4.48. The van der Waals surface area contributed by atoms with Crippen LogP contribution in [0.4, 0.5) is 0 Å². The van der Waals surface area contributed by atoms with E-state index < -0.39 is 0 Å². The highest BCUT2D eigenvalue weighted by atomic mass is 16.2. The zero-order chi connectivity index (χ0) is 19.2. The molecule has 1 amide bonds. The molecule has 3 rings (SSSR count). The van der Waals surface area contributed by atoms with Gasteiger partial charge in [-0.15, -0.1) is 0 Å². The number of carbonyl (C=O) groups is 1. The van der Waals surface area contributed by atoms with Crippen molar-refractivity contribution in [2.24, 2.45) is 0 Å². The van der Waals surface area contributed by atoms with Crippen molar-refractivity contribution in [2.45, 2.75) is 33.2 Å². The van der Waals surface area contributed by atoms with E-state index in [1.807, 2.05) is 11.0 Å². The highest BCUT2D eigenvalue weighted by molar-refractivity contribution is 5.91. The van der Waals surface area contributed by atoms with E-state index in [4.69, 9.17) is 0 Å². The minimum absolute atomic E-state index is 0.109. The lowest BCUT2D eigenvalue weighted by atomic mass is 10.0. The van der Waals surface area contributed by atoms with E-state index in [1.54, 1.807) is 6.08 Å². The second-order valence-corrected chi connectivity index (χ2v) is 7.74. The van der Waals surface area contributed by atoms with Gasteiger partial charge in [0.25, 0.3) is 0 Å². The number of benzene rings is 2. The van der Waals surface area contributed by atoms with Gasteiger partial charge in [-0.1, -0.05) is 67.9 Å². The van der Waals surface area contributed by atoms with E-state index in [2.05, 4.69) is 74.2 Å². The summed E-state index contributed by atoms with van der Waals surface area (Å²) in [6.45, 7) is 10.9. The standard InChI is InChI=1S/C24H30N2O/c1-19(2)23-11-8-21(9-12-23)10-13-24(27)26-16-14-25(15-17-26)18-22-6-4-20(3)5-7-22/h4-13,19H,14-18H2,1-3H3/b13-10+. The van der Waals surface area contributed by atoms with E-state index in [0.717, 1.165) is 38.3 Å². The van der Waals surface area contributed by atoms with Gasteiger partial charge in [-0.3, -0.25) is 9.69 Å². The average molecular weight is 363 g/mol. The maximum absolute atomic E-state index is 12.5. The molecule has 1 aliphatic heterocycles. The summed E-state index contributed by atoms with van der Waals surface area (Å²) in [5, 5.41) is 0. The van der Waals surface area contributed by atoms with Gasteiger partial charge in [0, 0.05) is 38.8 Å². The summed E-state index contributed by atoms with van der Waals surface area (Å²) < 4.78 is 0. The normalized spacial score (nSPS) is 15.6. The van der Waals surface area contributed by atoms with E-state index in [-0.39, 0.29) is 5.91 Å². The molecule has 142 valence electrons. The van der Waals surface area contributed by atoms with Gasteiger partial charge < -0.3 is 4.90 Å². The van der Waals surface area contributed by atoms with E-state index in [9.17, 15) is 4.79 Å². The lowest BCUT2D eigenvalue weighted by Gasteiger charge is -2.34. The Bertz CT molecular complexity index is 767. The minimum Gasteiger partial charge on any atom is -0.337 e. The van der Waals surface area contributed by atoms with Gasteiger partial charge in [0.2, 0.25) is 5.91 Å². The number of carbonyl (C=O) groups excluding carboxylic acids is 1. The molecule has 1 fully saturated rings. The van der Waals surface area contributed by atoms with Crippen LogP contribution in [0, 0.1) is 6.92 Å². The zero-order valence-electron chi connectivity index (χ0n) is 16.7. The van der Waals surface area contributed by atoms with E-state index >= 15 is 0 Å². The van der Waals surface area contributed by atoms with Crippen LogP contribution < -0.4 is 0 Å². The van der Waals surface area contributed by atoms with Crippen LogP contribution >= 0.6 is 0 Å². The first-order chi connectivity index (χ1) is 13.0. The maximum atomic E-state index is 12.5. The van der Waals surface area contributed by atoms with Crippen molar-refractivity contribution in [1.29, 1.82) is 0 Å². The summed E-state index contributed by atoms with van der Waals surface area (Å²) >= 11 is 0. The van der Waals surface area contributed by atoms with Crippen molar-refractivity contribution in [1.82, 2.24) is 9.80 Å². The Labute approximate surface area is 163 Å². The molecule has 0 bridgehead atoms. The number of hydrogen-bond donors (Lipinski definition) is 0. The Morgan fingerprint density at radius 3 is 2.19 bits per heavy atom. The molecule has 0 unspecified atom stereocenters. The van der Waals surface area contributed by atoms with Crippen LogP contribution in [0.15, 0.2) is 54.6 Å². The molecule has 27 heavy (non-hydrogen) atoms. The zero-order valence-corrected chi connectivity index (χ0v) is 16.7. The van der Waals surface area contributed by atoms with Crippen molar-refractivity contribution >= 4 is 12.0 Å². The van der Waals surface area contributed by atoms with Gasteiger partial charge in [0.1, 0.15) is 0 Å². The van der Waals surface area contributed by atoms with Gasteiger partial charge in [-0.05, 0) is 35.6 Å². The van der Waals surface area contributed by atoms with Crippen molar-refractivity contribution in [2.75, 3.05) is 26.2 Å².